The van der Waals surface area contributed by atoms with E-state index in [0.29, 0.717) is 41.6 Å². The van der Waals surface area contributed by atoms with E-state index in [4.69, 9.17) is 4.74 Å². The maximum absolute atomic E-state index is 12.4. The van der Waals surface area contributed by atoms with Gasteiger partial charge in [-0.3, -0.25) is 0 Å². The van der Waals surface area contributed by atoms with Gasteiger partial charge in [0, 0.05) is 23.6 Å². The van der Waals surface area contributed by atoms with E-state index >= 15 is 0 Å². The molecular formula is C27H35BrN6O2. The van der Waals surface area contributed by atoms with E-state index in [1.54, 1.807) is 6.20 Å². The molecule has 0 aliphatic heterocycles. The zero-order valence-corrected chi connectivity index (χ0v) is 22.8. The summed E-state index contributed by atoms with van der Waals surface area (Å²) in [6.07, 6.45) is 6.76. The maximum Gasteiger partial charge on any atom is 0.407 e. The summed E-state index contributed by atoms with van der Waals surface area (Å²) in [7, 11) is 0. The molecule has 8 nitrogen and oxygen atoms in total. The molecule has 1 aromatic carbocycles. The number of rotatable bonds is 7. The van der Waals surface area contributed by atoms with Crippen molar-refractivity contribution in [3.8, 4) is 6.07 Å². The Kier molecular flexibility index (Phi) is 8.35. The van der Waals surface area contributed by atoms with Crippen LogP contribution < -0.4 is 16.0 Å². The first-order valence-electron chi connectivity index (χ1n) is 12.7. The van der Waals surface area contributed by atoms with Gasteiger partial charge in [0.2, 0.25) is 5.95 Å². The molecule has 1 heterocycles. The monoisotopic (exact) mass is 554 g/mol. The Morgan fingerprint density at radius 1 is 1.19 bits per heavy atom. The van der Waals surface area contributed by atoms with Crippen LogP contribution in [-0.4, -0.2) is 34.2 Å². The second kappa shape index (κ2) is 11.5. The first kappa shape index (κ1) is 26.2. The van der Waals surface area contributed by atoms with E-state index in [-0.39, 0.29) is 12.1 Å². The molecule has 2 saturated carbocycles. The molecule has 0 spiro atoms. The number of anilines is 2. The largest absolute Gasteiger partial charge is 0.444 e. The van der Waals surface area contributed by atoms with Crippen LogP contribution in [0.25, 0.3) is 0 Å². The van der Waals surface area contributed by atoms with E-state index in [9.17, 15) is 10.1 Å². The van der Waals surface area contributed by atoms with E-state index < -0.39 is 5.60 Å². The lowest BCUT2D eigenvalue weighted by molar-refractivity contribution is 0.0324. The number of benzene rings is 1. The molecule has 36 heavy (non-hydrogen) atoms. The highest BCUT2D eigenvalue weighted by atomic mass is 79.9. The van der Waals surface area contributed by atoms with Gasteiger partial charge in [-0.2, -0.15) is 10.2 Å². The van der Waals surface area contributed by atoms with Gasteiger partial charge in [-0.15, -0.1) is 0 Å². The number of carbonyl (C=O) groups excluding carboxylic acids is 1. The summed E-state index contributed by atoms with van der Waals surface area (Å²) in [5.74, 6) is 2.38. The Hall–Kier alpha value is -2.86. The molecule has 3 N–H and O–H groups in total. The number of aromatic nitrogens is 2. The van der Waals surface area contributed by atoms with Crippen LogP contribution in [0.2, 0.25) is 0 Å². The van der Waals surface area contributed by atoms with E-state index in [1.807, 2.05) is 45.0 Å². The topological polar surface area (TPSA) is 112 Å². The van der Waals surface area contributed by atoms with Gasteiger partial charge in [-0.05, 0) is 75.8 Å². The fraction of sp³-hybridized carbons (Fsp3) is 0.556. The summed E-state index contributed by atoms with van der Waals surface area (Å²) >= 11 is 3.56. The van der Waals surface area contributed by atoms with Crippen LogP contribution in [0.5, 0.6) is 0 Å². The standard InChI is InChI=1S/C27H35BrN6O2/c1-27(2,3)36-26(35)33-23-18-8-6-9-19(23)12-17(11-18)14-30-24-21(13-29)16-32-25(34-24)31-15-20-7-4-5-10-22(20)28/h4-5,7,10,16-19,23H,6,8-9,11-12,14-15H2,1-3H3,(H,33,35)(H2,30,31,32,34)/t17?,18-,19+,23?. The highest BCUT2D eigenvalue weighted by molar-refractivity contribution is 9.10. The molecule has 9 heteroatoms. The Labute approximate surface area is 221 Å². The average molecular weight is 556 g/mol. The SMILES string of the molecule is CC(C)(C)OC(=O)NC1[C@@H]2CCC[C@H]1CC(CNc1nc(NCc3ccccc3Br)ncc1C#N)C2. The molecule has 2 unspecified atom stereocenters. The predicted molar refractivity (Wildman–Crippen MR) is 143 cm³/mol. The lowest BCUT2D eigenvalue weighted by Crippen LogP contribution is -2.52. The van der Waals surface area contributed by atoms with Crippen LogP contribution in [0, 0.1) is 29.1 Å². The number of halogens is 1. The van der Waals surface area contributed by atoms with Crippen LogP contribution in [0.1, 0.15) is 64.0 Å². The Bertz CT molecular complexity index is 1100. The average Bonchev–Trinajstić information content (AvgIpc) is 2.81. The second-order valence-electron chi connectivity index (χ2n) is 10.9. The molecular weight excluding hydrogens is 520 g/mol. The van der Waals surface area contributed by atoms with Gasteiger partial charge in [0.1, 0.15) is 23.1 Å². The number of ether oxygens (including phenoxy) is 1. The number of hydrogen-bond donors (Lipinski definition) is 3. The lowest BCUT2D eigenvalue weighted by atomic mass is 9.64. The minimum Gasteiger partial charge on any atom is -0.444 e. The zero-order chi connectivity index (χ0) is 25.7. The van der Waals surface area contributed by atoms with Crippen molar-refractivity contribution < 1.29 is 9.53 Å². The van der Waals surface area contributed by atoms with E-state index in [1.165, 1.54) is 6.42 Å². The fourth-order valence-corrected chi connectivity index (χ4v) is 5.88. The number of amides is 1. The summed E-state index contributed by atoms with van der Waals surface area (Å²) < 4.78 is 6.53. The molecule has 1 amide bonds. The van der Waals surface area contributed by atoms with Crippen molar-refractivity contribution >= 4 is 33.8 Å². The van der Waals surface area contributed by atoms with Gasteiger partial charge < -0.3 is 20.7 Å². The molecule has 2 aliphatic carbocycles. The molecule has 2 fully saturated rings. The van der Waals surface area contributed by atoms with Crippen molar-refractivity contribution in [3.63, 3.8) is 0 Å². The van der Waals surface area contributed by atoms with Crippen LogP contribution in [0.3, 0.4) is 0 Å². The van der Waals surface area contributed by atoms with E-state index in [2.05, 4.69) is 47.9 Å². The van der Waals surface area contributed by atoms with Gasteiger partial charge in [0.05, 0.1) is 6.20 Å². The minimum atomic E-state index is -0.498. The number of fused-ring (bicyclic) bond motifs is 2. The van der Waals surface area contributed by atoms with Crippen LogP contribution >= 0.6 is 15.9 Å². The van der Waals surface area contributed by atoms with Gasteiger partial charge in [-0.25, -0.2) is 9.78 Å². The molecule has 2 aliphatic rings. The number of nitrogens with zero attached hydrogens (tertiary/aromatic N) is 3. The second-order valence-corrected chi connectivity index (χ2v) is 11.7. The van der Waals surface area contributed by atoms with Crippen molar-refractivity contribution in [2.45, 2.75) is 71.1 Å². The van der Waals surface area contributed by atoms with Gasteiger partial charge in [-0.1, -0.05) is 40.5 Å². The van der Waals surface area contributed by atoms with Crippen molar-refractivity contribution in [2.75, 3.05) is 17.2 Å². The molecule has 4 atom stereocenters. The molecule has 2 aromatic rings. The first-order chi connectivity index (χ1) is 17.2. The van der Waals surface area contributed by atoms with Gasteiger partial charge in [0.25, 0.3) is 0 Å². The molecule has 192 valence electrons. The predicted octanol–water partition coefficient (Wildman–Crippen LogP) is 5.85. The molecule has 2 bridgehead atoms. The summed E-state index contributed by atoms with van der Waals surface area (Å²) in [5.41, 5.74) is 1.03. The van der Waals surface area contributed by atoms with Gasteiger partial charge >= 0.3 is 6.09 Å². The molecule has 0 radical (unpaired) electrons. The minimum absolute atomic E-state index is 0.173. The van der Waals surface area contributed by atoms with Crippen molar-refractivity contribution in [1.29, 1.82) is 5.26 Å². The quantitative estimate of drug-likeness (QED) is 0.393. The van der Waals surface area contributed by atoms with Crippen molar-refractivity contribution in [2.24, 2.45) is 17.8 Å². The lowest BCUT2D eigenvalue weighted by Gasteiger charge is -2.46. The third kappa shape index (κ3) is 6.88. The van der Waals surface area contributed by atoms with Crippen LogP contribution in [-0.2, 0) is 11.3 Å². The molecule has 0 saturated heterocycles. The highest BCUT2D eigenvalue weighted by Gasteiger charge is 2.41. The Balaban J connectivity index is 1.35. The normalized spacial score (nSPS) is 23.3. The molecule has 1 aromatic heterocycles. The van der Waals surface area contributed by atoms with Crippen molar-refractivity contribution in [3.05, 3.63) is 46.1 Å². The van der Waals surface area contributed by atoms with Crippen LogP contribution in [0.15, 0.2) is 34.9 Å². The summed E-state index contributed by atoms with van der Waals surface area (Å²) in [4.78, 5) is 21.3. The first-order valence-corrected chi connectivity index (χ1v) is 13.5. The maximum atomic E-state index is 12.4. The number of nitriles is 1. The third-order valence-electron chi connectivity index (χ3n) is 6.98. The number of carbonyl (C=O) groups is 1. The van der Waals surface area contributed by atoms with E-state index in [0.717, 1.165) is 42.3 Å². The van der Waals surface area contributed by atoms with Crippen molar-refractivity contribution in [1.82, 2.24) is 15.3 Å². The third-order valence-corrected chi connectivity index (χ3v) is 7.76. The summed E-state index contributed by atoms with van der Waals surface area (Å²) in [5, 5.41) is 19.4. The smallest absolute Gasteiger partial charge is 0.407 e. The highest BCUT2D eigenvalue weighted by Crippen LogP contribution is 2.43. The zero-order valence-electron chi connectivity index (χ0n) is 21.2. The molecule has 4 rings (SSSR count). The Morgan fingerprint density at radius 3 is 2.58 bits per heavy atom. The summed E-state index contributed by atoms with van der Waals surface area (Å²) in [6, 6.07) is 10.4. The number of nitrogens with one attached hydrogen (secondary N) is 3. The number of alkyl carbamates (subject to hydrolysis) is 1. The Morgan fingerprint density at radius 2 is 1.92 bits per heavy atom. The van der Waals surface area contributed by atoms with Gasteiger partial charge in [0.15, 0.2) is 0 Å². The summed E-state index contributed by atoms with van der Waals surface area (Å²) in [6.45, 7) is 6.98. The number of hydrogen-bond acceptors (Lipinski definition) is 7. The van der Waals surface area contributed by atoms with Crippen LogP contribution in [0.4, 0.5) is 16.6 Å². The fourth-order valence-electron chi connectivity index (χ4n) is 5.45.